The Hall–Kier alpha value is -2.89. The van der Waals surface area contributed by atoms with E-state index in [1.807, 2.05) is 24.3 Å². The molecule has 6 heteroatoms. The zero-order valence-electron chi connectivity index (χ0n) is 14.0. The highest BCUT2D eigenvalue weighted by atomic mass is 19.1. The first-order valence-corrected chi connectivity index (χ1v) is 8.02. The molecule has 0 aliphatic rings. The summed E-state index contributed by atoms with van der Waals surface area (Å²) >= 11 is 0. The van der Waals surface area contributed by atoms with Crippen LogP contribution in [0.15, 0.2) is 48.5 Å². The van der Waals surface area contributed by atoms with E-state index in [2.05, 4.69) is 10.6 Å². The average molecular weight is 344 g/mol. The van der Waals surface area contributed by atoms with Crippen LogP contribution in [-0.2, 0) is 22.4 Å². The molecule has 0 aliphatic heterocycles. The quantitative estimate of drug-likeness (QED) is 0.754. The Bertz CT molecular complexity index is 734. The van der Waals surface area contributed by atoms with Crippen LogP contribution in [0.3, 0.4) is 0 Å². The van der Waals surface area contributed by atoms with E-state index >= 15 is 0 Å². The van der Waals surface area contributed by atoms with Gasteiger partial charge in [0, 0.05) is 13.1 Å². The van der Waals surface area contributed by atoms with Gasteiger partial charge in [-0.25, -0.2) is 4.39 Å². The summed E-state index contributed by atoms with van der Waals surface area (Å²) in [7, 11) is 1.59. The Labute approximate surface area is 146 Å². The van der Waals surface area contributed by atoms with Crippen molar-refractivity contribution >= 4 is 11.8 Å². The van der Waals surface area contributed by atoms with E-state index in [1.165, 1.54) is 6.07 Å². The van der Waals surface area contributed by atoms with Crippen LogP contribution in [0.2, 0.25) is 0 Å². The van der Waals surface area contributed by atoms with Crippen LogP contribution < -0.4 is 15.4 Å². The summed E-state index contributed by atoms with van der Waals surface area (Å²) in [5.41, 5.74) is 1.50. The van der Waals surface area contributed by atoms with Gasteiger partial charge in [0.1, 0.15) is 11.6 Å². The third kappa shape index (κ3) is 5.91. The first-order chi connectivity index (χ1) is 12.1. The molecular weight excluding hydrogens is 323 g/mol. The van der Waals surface area contributed by atoms with Crippen LogP contribution in [0.5, 0.6) is 5.75 Å². The standard InChI is InChI=1S/C19H21FN2O3/c1-25-16-7-4-5-14(13-16)9-11-21-18(23)19(24)22-12-10-15-6-2-3-8-17(15)20/h2-8,13H,9-12H2,1H3,(H,21,23)(H,22,24). The minimum atomic E-state index is -0.720. The Kier molecular flexibility index (Phi) is 6.95. The highest BCUT2D eigenvalue weighted by molar-refractivity contribution is 6.35. The lowest BCUT2D eigenvalue weighted by Crippen LogP contribution is -2.41. The molecule has 0 aromatic heterocycles. The fraction of sp³-hybridized carbons (Fsp3) is 0.263. The topological polar surface area (TPSA) is 67.4 Å². The first-order valence-electron chi connectivity index (χ1n) is 8.02. The van der Waals surface area contributed by atoms with Crippen LogP contribution in [-0.4, -0.2) is 32.0 Å². The number of halogens is 1. The third-order valence-corrected chi connectivity index (χ3v) is 3.68. The summed E-state index contributed by atoms with van der Waals surface area (Å²) in [6.07, 6.45) is 0.918. The highest BCUT2D eigenvalue weighted by Gasteiger charge is 2.12. The monoisotopic (exact) mass is 344 g/mol. The first kappa shape index (κ1) is 18.4. The van der Waals surface area contributed by atoms with E-state index < -0.39 is 11.8 Å². The molecule has 2 N–H and O–H groups in total. The van der Waals surface area contributed by atoms with Crippen molar-refractivity contribution < 1.29 is 18.7 Å². The number of hydrogen-bond donors (Lipinski definition) is 2. The SMILES string of the molecule is COc1cccc(CCNC(=O)C(=O)NCCc2ccccc2F)c1. The number of methoxy groups -OCH3 is 1. The van der Waals surface area contributed by atoms with Gasteiger partial charge in [0.05, 0.1) is 7.11 Å². The maximum absolute atomic E-state index is 13.5. The van der Waals surface area contributed by atoms with Crippen molar-refractivity contribution in [1.82, 2.24) is 10.6 Å². The van der Waals surface area contributed by atoms with E-state index in [4.69, 9.17) is 4.74 Å². The van der Waals surface area contributed by atoms with Crippen molar-refractivity contribution in [2.24, 2.45) is 0 Å². The van der Waals surface area contributed by atoms with Crippen molar-refractivity contribution in [2.75, 3.05) is 20.2 Å². The van der Waals surface area contributed by atoms with Gasteiger partial charge in [-0.1, -0.05) is 30.3 Å². The second-order valence-electron chi connectivity index (χ2n) is 5.45. The molecule has 0 fully saturated rings. The highest BCUT2D eigenvalue weighted by Crippen LogP contribution is 2.12. The predicted molar refractivity (Wildman–Crippen MR) is 92.8 cm³/mol. The van der Waals surface area contributed by atoms with E-state index in [0.29, 0.717) is 24.9 Å². The molecule has 132 valence electrons. The molecule has 2 amide bonds. The largest absolute Gasteiger partial charge is 0.497 e. The van der Waals surface area contributed by atoms with Gasteiger partial charge in [0.25, 0.3) is 0 Å². The maximum atomic E-state index is 13.5. The average Bonchev–Trinajstić information content (AvgIpc) is 2.63. The minimum absolute atomic E-state index is 0.197. The fourth-order valence-electron chi connectivity index (χ4n) is 2.32. The number of rotatable bonds is 7. The van der Waals surface area contributed by atoms with Crippen molar-refractivity contribution in [3.63, 3.8) is 0 Å². The number of amides is 2. The van der Waals surface area contributed by atoms with Crippen molar-refractivity contribution in [1.29, 1.82) is 0 Å². The lowest BCUT2D eigenvalue weighted by atomic mass is 10.1. The molecule has 0 saturated carbocycles. The number of ether oxygens (including phenoxy) is 1. The summed E-state index contributed by atoms with van der Waals surface area (Å²) in [6, 6.07) is 13.8. The molecule has 0 radical (unpaired) electrons. The Morgan fingerprint density at radius 2 is 1.64 bits per heavy atom. The van der Waals surface area contributed by atoms with Gasteiger partial charge < -0.3 is 15.4 Å². The Balaban J connectivity index is 1.69. The minimum Gasteiger partial charge on any atom is -0.497 e. The van der Waals surface area contributed by atoms with Crippen LogP contribution in [0, 0.1) is 5.82 Å². The van der Waals surface area contributed by atoms with Gasteiger partial charge in [-0.2, -0.15) is 0 Å². The number of benzene rings is 2. The van der Waals surface area contributed by atoms with E-state index in [9.17, 15) is 14.0 Å². The van der Waals surface area contributed by atoms with E-state index in [-0.39, 0.29) is 12.4 Å². The fourth-order valence-corrected chi connectivity index (χ4v) is 2.32. The van der Waals surface area contributed by atoms with E-state index in [0.717, 1.165) is 11.3 Å². The molecule has 0 spiro atoms. The molecule has 0 aliphatic carbocycles. The number of hydrogen-bond acceptors (Lipinski definition) is 3. The molecule has 0 bridgehead atoms. The second kappa shape index (κ2) is 9.42. The zero-order chi connectivity index (χ0) is 18.1. The summed E-state index contributed by atoms with van der Waals surface area (Å²) in [6.45, 7) is 0.538. The normalized spacial score (nSPS) is 10.2. The lowest BCUT2D eigenvalue weighted by Gasteiger charge is -2.08. The summed E-state index contributed by atoms with van der Waals surface area (Å²) in [4.78, 5) is 23.5. The van der Waals surface area contributed by atoms with Crippen molar-refractivity contribution in [2.45, 2.75) is 12.8 Å². The van der Waals surface area contributed by atoms with Gasteiger partial charge in [-0.15, -0.1) is 0 Å². The smallest absolute Gasteiger partial charge is 0.309 e. The number of carbonyl (C=O) groups excluding carboxylic acids is 2. The molecule has 0 atom stereocenters. The van der Waals surface area contributed by atoms with Crippen LogP contribution >= 0.6 is 0 Å². The predicted octanol–water partition coefficient (Wildman–Crippen LogP) is 1.85. The lowest BCUT2D eigenvalue weighted by molar-refractivity contribution is -0.139. The van der Waals surface area contributed by atoms with Crippen molar-refractivity contribution in [3.05, 3.63) is 65.5 Å². The molecule has 2 aromatic carbocycles. The van der Waals surface area contributed by atoms with Gasteiger partial charge >= 0.3 is 11.8 Å². The third-order valence-electron chi connectivity index (χ3n) is 3.68. The summed E-state index contributed by atoms with van der Waals surface area (Å²) < 4.78 is 18.6. The maximum Gasteiger partial charge on any atom is 0.309 e. The van der Waals surface area contributed by atoms with Gasteiger partial charge in [-0.3, -0.25) is 9.59 Å². The number of carbonyl (C=O) groups is 2. The van der Waals surface area contributed by atoms with Gasteiger partial charge in [0.15, 0.2) is 0 Å². The van der Waals surface area contributed by atoms with E-state index in [1.54, 1.807) is 25.3 Å². The Morgan fingerprint density at radius 1 is 0.960 bits per heavy atom. The molecule has 5 nitrogen and oxygen atoms in total. The zero-order valence-corrected chi connectivity index (χ0v) is 14.0. The second-order valence-corrected chi connectivity index (χ2v) is 5.45. The molecular formula is C19H21FN2O3. The molecule has 0 unspecified atom stereocenters. The summed E-state index contributed by atoms with van der Waals surface area (Å²) in [5, 5.41) is 5.05. The molecule has 25 heavy (non-hydrogen) atoms. The van der Waals surface area contributed by atoms with Gasteiger partial charge in [-0.05, 0) is 42.2 Å². The molecule has 0 heterocycles. The van der Waals surface area contributed by atoms with Gasteiger partial charge in [0.2, 0.25) is 0 Å². The van der Waals surface area contributed by atoms with Crippen LogP contribution in [0.1, 0.15) is 11.1 Å². The molecule has 2 aromatic rings. The number of nitrogens with one attached hydrogen (secondary N) is 2. The molecule has 0 saturated heterocycles. The molecule has 2 rings (SSSR count). The van der Waals surface area contributed by atoms with Crippen LogP contribution in [0.25, 0.3) is 0 Å². The Morgan fingerprint density at radius 3 is 2.32 bits per heavy atom. The van der Waals surface area contributed by atoms with Crippen molar-refractivity contribution in [3.8, 4) is 5.75 Å². The summed E-state index contributed by atoms with van der Waals surface area (Å²) in [5.74, 6) is -0.993. The van der Waals surface area contributed by atoms with Crippen LogP contribution in [0.4, 0.5) is 4.39 Å².